The summed E-state index contributed by atoms with van der Waals surface area (Å²) in [5, 5.41) is 5.86. The summed E-state index contributed by atoms with van der Waals surface area (Å²) < 4.78 is 26.5. The maximum atomic E-state index is 14.5. The molecule has 4 aliphatic rings. The van der Waals surface area contributed by atoms with Crippen molar-refractivity contribution >= 4 is 39.3 Å². The van der Waals surface area contributed by atoms with Crippen molar-refractivity contribution in [3.63, 3.8) is 0 Å². The first-order valence-electron chi connectivity index (χ1n) is 18.2. The van der Waals surface area contributed by atoms with E-state index >= 15 is 0 Å². The molecule has 6 atom stereocenters. The number of ketones is 3. The van der Waals surface area contributed by atoms with E-state index in [9.17, 15) is 32.4 Å². The van der Waals surface area contributed by atoms with Gasteiger partial charge in [0.05, 0.1) is 11.8 Å². The van der Waals surface area contributed by atoms with Crippen molar-refractivity contribution in [1.29, 1.82) is 0 Å². The maximum Gasteiger partial charge on any atom is 0.315 e. The van der Waals surface area contributed by atoms with Crippen LogP contribution in [0.1, 0.15) is 107 Å². The molecule has 0 bridgehead atoms. The summed E-state index contributed by atoms with van der Waals surface area (Å²) in [4.78, 5) is 70.1. The van der Waals surface area contributed by atoms with Crippen molar-refractivity contribution in [2.24, 2.45) is 39.9 Å². The first-order chi connectivity index (χ1) is 22.6. The van der Waals surface area contributed by atoms with Crippen molar-refractivity contribution in [3.05, 3.63) is 12.7 Å². The monoisotopic (exact) mass is 704 g/mol. The standard InChI is InChI=1S/C37H60N4O7S/c1-10-11-16-26(42)31(44)24(19-23-14-12-15-23)20-27(43)30-29-25(37(29,8)9)21-41(30)33(45)32(36(5,6)7)39-34(46)38-28(35(2,3)4)22-40-17-13-18-49(40,47)48/h10,23-25,28-30,32H,1,11-22H2,2-9H3,(H2,38,39,46)/t24?,25-,28+,29-,30+,32+/m0/s1. The molecule has 1 unspecified atom stereocenters. The smallest absolute Gasteiger partial charge is 0.315 e. The van der Waals surface area contributed by atoms with Gasteiger partial charge in [-0.3, -0.25) is 19.2 Å². The van der Waals surface area contributed by atoms with Crippen molar-refractivity contribution < 1.29 is 32.4 Å². The molecule has 0 aromatic carbocycles. The molecule has 2 saturated heterocycles. The van der Waals surface area contributed by atoms with Crippen LogP contribution in [0.5, 0.6) is 0 Å². The molecule has 0 spiro atoms. The van der Waals surface area contributed by atoms with Crippen molar-refractivity contribution in [2.45, 2.75) is 125 Å². The first kappa shape index (κ1) is 39.2. The van der Waals surface area contributed by atoms with Gasteiger partial charge in [-0.1, -0.05) is 80.7 Å². The van der Waals surface area contributed by atoms with Gasteiger partial charge in [-0.15, -0.1) is 6.58 Å². The maximum absolute atomic E-state index is 14.5. The Bertz CT molecular complexity index is 1420. The molecule has 4 fully saturated rings. The number of rotatable bonds is 15. The molecule has 0 aromatic heterocycles. The quantitative estimate of drug-likeness (QED) is 0.188. The Kier molecular flexibility index (Phi) is 11.6. The van der Waals surface area contributed by atoms with Gasteiger partial charge in [-0.25, -0.2) is 13.2 Å². The average molecular weight is 705 g/mol. The third-order valence-electron chi connectivity index (χ3n) is 11.7. The molecule has 49 heavy (non-hydrogen) atoms. The zero-order chi connectivity index (χ0) is 36.7. The number of piperidine rings is 1. The normalized spacial score (nSPS) is 26.5. The molecular formula is C37H60N4O7S. The molecule has 2 saturated carbocycles. The molecule has 12 heteroatoms. The van der Waals surface area contributed by atoms with Crippen LogP contribution in [0.2, 0.25) is 0 Å². The van der Waals surface area contributed by atoms with Crippen LogP contribution in [0, 0.1) is 39.9 Å². The fourth-order valence-electron chi connectivity index (χ4n) is 8.03. The van der Waals surface area contributed by atoms with Gasteiger partial charge in [0.15, 0.2) is 11.6 Å². The van der Waals surface area contributed by atoms with Crippen molar-refractivity contribution in [2.75, 3.05) is 25.4 Å². The van der Waals surface area contributed by atoms with Gasteiger partial charge in [0, 0.05) is 44.4 Å². The molecule has 0 radical (unpaired) electrons. The number of carbonyl (C=O) groups is 5. The zero-order valence-electron chi connectivity index (χ0n) is 31.0. The number of Topliss-reactive ketones (excluding diaryl/α,β-unsaturated/α-hetero) is 3. The van der Waals surface area contributed by atoms with Crippen LogP contribution in [0.25, 0.3) is 0 Å². The number of nitrogens with zero attached hydrogens (tertiary/aromatic N) is 2. The minimum Gasteiger partial charge on any atom is -0.334 e. The Morgan fingerprint density at radius 1 is 0.980 bits per heavy atom. The van der Waals surface area contributed by atoms with Crippen LogP contribution in [0.4, 0.5) is 4.79 Å². The number of carbonyl (C=O) groups excluding carboxylic acids is 5. The van der Waals surface area contributed by atoms with Crippen LogP contribution in [-0.2, 0) is 29.2 Å². The highest BCUT2D eigenvalue weighted by atomic mass is 32.2. The van der Waals surface area contributed by atoms with E-state index in [0.29, 0.717) is 38.3 Å². The lowest BCUT2D eigenvalue weighted by molar-refractivity contribution is -0.145. The Hall–Kier alpha value is -2.60. The third kappa shape index (κ3) is 8.83. The van der Waals surface area contributed by atoms with Crippen molar-refractivity contribution in [3.8, 4) is 0 Å². The number of hydrogen-bond donors (Lipinski definition) is 2. The summed E-state index contributed by atoms with van der Waals surface area (Å²) in [6.45, 7) is 20.1. The highest BCUT2D eigenvalue weighted by Crippen LogP contribution is 2.65. The van der Waals surface area contributed by atoms with Crippen LogP contribution in [0.15, 0.2) is 12.7 Å². The molecule has 2 aliphatic carbocycles. The van der Waals surface area contributed by atoms with E-state index in [0.717, 1.165) is 19.3 Å². The minimum absolute atomic E-state index is 0.0676. The van der Waals surface area contributed by atoms with Gasteiger partial charge in [0.1, 0.15) is 6.04 Å². The molecule has 0 aromatic rings. The third-order valence-corrected chi connectivity index (χ3v) is 13.6. The number of amides is 3. The second-order valence-corrected chi connectivity index (χ2v) is 19.9. The van der Waals surface area contributed by atoms with Gasteiger partial charge in [0.25, 0.3) is 0 Å². The Labute approximate surface area is 293 Å². The second kappa shape index (κ2) is 14.6. The van der Waals surface area contributed by atoms with E-state index in [1.807, 2.05) is 41.5 Å². The van der Waals surface area contributed by atoms with E-state index in [1.165, 1.54) is 4.31 Å². The van der Waals surface area contributed by atoms with Gasteiger partial charge in [-0.2, -0.15) is 4.31 Å². The predicted molar refractivity (Wildman–Crippen MR) is 189 cm³/mol. The summed E-state index contributed by atoms with van der Waals surface area (Å²) in [5.41, 5.74) is -1.35. The Morgan fingerprint density at radius 2 is 1.63 bits per heavy atom. The van der Waals surface area contributed by atoms with Gasteiger partial charge >= 0.3 is 6.03 Å². The van der Waals surface area contributed by atoms with E-state index in [4.69, 9.17) is 0 Å². The number of nitrogens with one attached hydrogen (secondary N) is 2. The number of fused-ring (bicyclic) bond motifs is 1. The van der Waals surface area contributed by atoms with E-state index in [-0.39, 0.29) is 54.1 Å². The van der Waals surface area contributed by atoms with Gasteiger partial charge < -0.3 is 15.5 Å². The molecular weight excluding hydrogens is 644 g/mol. The Morgan fingerprint density at radius 3 is 2.14 bits per heavy atom. The topological polar surface area (TPSA) is 150 Å². The number of allylic oxidation sites excluding steroid dienone is 1. The molecule has 2 N–H and O–H groups in total. The van der Waals surface area contributed by atoms with Gasteiger partial charge in [0.2, 0.25) is 21.7 Å². The van der Waals surface area contributed by atoms with E-state index < -0.39 is 62.5 Å². The molecule has 2 aliphatic heterocycles. The zero-order valence-corrected chi connectivity index (χ0v) is 31.8. The minimum atomic E-state index is -3.38. The van der Waals surface area contributed by atoms with Crippen LogP contribution < -0.4 is 10.6 Å². The lowest BCUT2D eigenvalue weighted by Crippen LogP contribution is -2.61. The van der Waals surface area contributed by atoms with Crippen LogP contribution in [0.3, 0.4) is 0 Å². The predicted octanol–water partition coefficient (Wildman–Crippen LogP) is 4.50. The highest BCUT2D eigenvalue weighted by molar-refractivity contribution is 7.89. The second-order valence-electron chi connectivity index (χ2n) is 17.8. The Balaban J connectivity index is 1.53. The van der Waals surface area contributed by atoms with Crippen molar-refractivity contribution in [1.82, 2.24) is 19.8 Å². The number of urea groups is 1. The first-order valence-corrected chi connectivity index (χ1v) is 19.8. The molecule has 11 nitrogen and oxygen atoms in total. The summed E-state index contributed by atoms with van der Waals surface area (Å²) in [6, 6.07) is -2.83. The summed E-state index contributed by atoms with van der Waals surface area (Å²) in [6.07, 6.45) is 6.10. The van der Waals surface area contributed by atoms with Crippen LogP contribution >= 0.6 is 0 Å². The molecule has 2 heterocycles. The highest BCUT2D eigenvalue weighted by Gasteiger charge is 2.69. The molecule has 3 amide bonds. The summed E-state index contributed by atoms with van der Waals surface area (Å²) in [7, 11) is -3.38. The average Bonchev–Trinajstić information content (AvgIpc) is 3.26. The van der Waals surface area contributed by atoms with Crippen LogP contribution in [-0.4, -0.2) is 90.4 Å². The lowest BCUT2D eigenvalue weighted by Gasteiger charge is -2.39. The summed E-state index contributed by atoms with van der Waals surface area (Å²) >= 11 is 0. The van der Waals surface area contributed by atoms with E-state index in [1.54, 1.807) is 11.0 Å². The fourth-order valence-corrected chi connectivity index (χ4v) is 9.56. The number of likely N-dealkylation sites (tertiary alicyclic amines) is 1. The SMILES string of the molecule is C=CCCC(=O)C(=O)C(CC(=O)[C@@H]1[C@@H]2[C@H](CN1C(=O)[C@@H](NC(=O)N[C@H](CN1CCCS1(=O)=O)C(C)(C)C)C(C)(C)C)C2(C)C)CC1CCC1. The van der Waals surface area contributed by atoms with Gasteiger partial charge in [-0.05, 0) is 53.3 Å². The largest absolute Gasteiger partial charge is 0.334 e. The number of hydrogen-bond acceptors (Lipinski definition) is 7. The number of sulfonamides is 1. The molecule has 276 valence electrons. The fraction of sp³-hybridized carbons (Fsp3) is 0.811. The molecule has 4 rings (SSSR count). The van der Waals surface area contributed by atoms with E-state index in [2.05, 4.69) is 31.1 Å². The lowest BCUT2D eigenvalue weighted by atomic mass is 9.75. The summed E-state index contributed by atoms with van der Waals surface area (Å²) in [5.74, 6) is -1.78.